The standard InChI is InChI=1S/C20H29N5O3S/c1-4-24(15-8-6-5-7-9-15)18(26)13-29-20-23-22-19(25(20)21)14-10-11-16(27-2)17(12-14)28-3/h10-12,15H,4-9,13,21H2,1-3H3. The van der Waals surface area contributed by atoms with Crippen LogP contribution in [0, 0.1) is 0 Å². The van der Waals surface area contributed by atoms with E-state index in [1.165, 1.54) is 35.7 Å². The highest BCUT2D eigenvalue weighted by Crippen LogP contribution is 2.32. The van der Waals surface area contributed by atoms with Gasteiger partial charge in [-0.05, 0) is 38.0 Å². The minimum Gasteiger partial charge on any atom is -0.493 e. The molecule has 2 aromatic rings. The van der Waals surface area contributed by atoms with E-state index in [0.717, 1.165) is 24.9 Å². The SMILES string of the molecule is CCN(C(=O)CSc1nnc(-c2ccc(OC)c(OC)c2)n1N)C1CCCCC1. The molecule has 8 nitrogen and oxygen atoms in total. The third-order valence-electron chi connectivity index (χ3n) is 5.31. The van der Waals surface area contributed by atoms with Crippen LogP contribution in [0.2, 0.25) is 0 Å². The molecule has 0 bridgehead atoms. The van der Waals surface area contributed by atoms with Gasteiger partial charge >= 0.3 is 0 Å². The Morgan fingerprint density at radius 2 is 1.93 bits per heavy atom. The lowest BCUT2D eigenvalue weighted by molar-refractivity contribution is -0.131. The molecule has 1 heterocycles. The predicted octanol–water partition coefficient (Wildman–Crippen LogP) is 2.95. The lowest BCUT2D eigenvalue weighted by Gasteiger charge is -2.33. The summed E-state index contributed by atoms with van der Waals surface area (Å²) in [5.41, 5.74) is 0.758. The van der Waals surface area contributed by atoms with Crippen LogP contribution in [0.4, 0.5) is 0 Å². The normalized spacial score (nSPS) is 14.6. The number of thioether (sulfide) groups is 1. The zero-order valence-corrected chi connectivity index (χ0v) is 18.1. The molecule has 0 radical (unpaired) electrons. The summed E-state index contributed by atoms with van der Waals surface area (Å²) >= 11 is 1.31. The highest BCUT2D eigenvalue weighted by molar-refractivity contribution is 7.99. The number of nitrogens with two attached hydrogens (primary N) is 1. The molecule has 1 amide bonds. The van der Waals surface area contributed by atoms with Gasteiger partial charge in [0.1, 0.15) is 0 Å². The number of hydrogen-bond acceptors (Lipinski definition) is 7. The van der Waals surface area contributed by atoms with Crippen molar-refractivity contribution in [3.05, 3.63) is 18.2 Å². The molecule has 1 aliphatic rings. The summed E-state index contributed by atoms with van der Waals surface area (Å²) in [5, 5.41) is 8.87. The van der Waals surface area contributed by atoms with Gasteiger partial charge in [0.05, 0.1) is 20.0 Å². The van der Waals surface area contributed by atoms with E-state index < -0.39 is 0 Å². The Bertz CT molecular complexity index is 836. The summed E-state index contributed by atoms with van der Waals surface area (Å²) < 4.78 is 12.0. The minimum atomic E-state index is 0.125. The van der Waals surface area contributed by atoms with Gasteiger partial charge in [0.2, 0.25) is 11.1 Å². The van der Waals surface area contributed by atoms with E-state index in [4.69, 9.17) is 15.3 Å². The maximum absolute atomic E-state index is 12.8. The summed E-state index contributed by atoms with van der Waals surface area (Å²) in [7, 11) is 3.16. The number of aromatic nitrogens is 3. The second kappa shape index (κ2) is 9.87. The van der Waals surface area contributed by atoms with Crippen molar-refractivity contribution in [3.63, 3.8) is 0 Å². The lowest BCUT2D eigenvalue weighted by Crippen LogP contribution is -2.42. The van der Waals surface area contributed by atoms with Gasteiger partial charge in [-0.25, -0.2) is 4.68 Å². The van der Waals surface area contributed by atoms with Crippen LogP contribution in [0.15, 0.2) is 23.4 Å². The molecule has 0 saturated heterocycles. The van der Waals surface area contributed by atoms with Crippen molar-refractivity contribution in [3.8, 4) is 22.9 Å². The van der Waals surface area contributed by atoms with E-state index in [-0.39, 0.29) is 5.91 Å². The van der Waals surface area contributed by atoms with Crippen molar-refractivity contribution >= 4 is 17.7 Å². The molecule has 9 heteroatoms. The Balaban J connectivity index is 1.69. The van der Waals surface area contributed by atoms with E-state index in [1.54, 1.807) is 26.4 Å². The number of nitrogens with zero attached hydrogens (tertiary/aromatic N) is 4. The number of rotatable bonds is 8. The van der Waals surface area contributed by atoms with Gasteiger partial charge in [-0.1, -0.05) is 31.0 Å². The second-order valence-corrected chi connectivity index (χ2v) is 7.95. The summed E-state index contributed by atoms with van der Waals surface area (Å²) in [6.45, 7) is 2.77. The van der Waals surface area contributed by atoms with E-state index in [9.17, 15) is 4.79 Å². The lowest BCUT2D eigenvalue weighted by atomic mass is 9.94. The maximum atomic E-state index is 12.8. The molecular formula is C20H29N5O3S. The van der Waals surface area contributed by atoms with Crippen LogP contribution in [0.1, 0.15) is 39.0 Å². The van der Waals surface area contributed by atoms with Crippen molar-refractivity contribution in [1.29, 1.82) is 0 Å². The van der Waals surface area contributed by atoms with Gasteiger partial charge in [0.15, 0.2) is 17.3 Å². The number of ether oxygens (including phenoxy) is 2. The fraction of sp³-hybridized carbons (Fsp3) is 0.550. The molecule has 1 aromatic heterocycles. The van der Waals surface area contributed by atoms with E-state index >= 15 is 0 Å². The van der Waals surface area contributed by atoms with Crippen LogP contribution in [0.3, 0.4) is 0 Å². The first kappa shape index (κ1) is 21.3. The monoisotopic (exact) mass is 419 g/mol. The van der Waals surface area contributed by atoms with Crippen LogP contribution in [0.5, 0.6) is 11.5 Å². The van der Waals surface area contributed by atoms with Gasteiger partial charge in [0, 0.05) is 18.2 Å². The first-order valence-electron chi connectivity index (χ1n) is 9.94. The number of benzene rings is 1. The molecule has 1 aliphatic carbocycles. The zero-order chi connectivity index (χ0) is 20.8. The number of carbonyl (C=O) groups is 1. The Labute approximate surface area is 175 Å². The van der Waals surface area contributed by atoms with E-state index in [0.29, 0.717) is 34.3 Å². The predicted molar refractivity (Wildman–Crippen MR) is 114 cm³/mol. The molecule has 1 aromatic carbocycles. The third-order valence-corrected chi connectivity index (χ3v) is 6.24. The Hall–Kier alpha value is -2.42. The van der Waals surface area contributed by atoms with Crippen LogP contribution in [0.25, 0.3) is 11.4 Å². The molecule has 2 N–H and O–H groups in total. The Morgan fingerprint density at radius 3 is 2.59 bits per heavy atom. The first-order valence-corrected chi connectivity index (χ1v) is 10.9. The molecule has 0 spiro atoms. The second-order valence-electron chi connectivity index (χ2n) is 7.01. The molecule has 3 rings (SSSR count). The Kier molecular flexibility index (Phi) is 7.24. The molecule has 0 aliphatic heterocycles. The number of methoxy groups -OCH3 is 2. The number of hydrogen-bond donors (Lipinski definition) is 1. The average molecular weight is 420 g/mol. The highest BCUT2D eigenvalue weighted by Gasteiger charge is 2.25. The largest absolute Gasteiger partial charge is 0.493 e. The first-order chi connectivity index (χ1) is 14.1. The third kappa shape index (κ3) is 4.77. The van der Waals surface area contributed by atoms with Crippen LogP contribution < -0.4 is 15.3 Å². The van der Waals surface area contributed by atoms with Gasteiger partial charge in [-0.2, -0.15) is 0 Å². The zero-order valence-electron chi connectivity index (χ0n) is 17.3. The van der Waals surface area contributed by atoms with Crippen molar-refractivity contribution in [2.75, 3.05) is 32.4 Å². The number of carbonyl (C=O) groups excluding carboxylic acids is 1. The topological polar surface area (TPSA) is 95.5 Å². The van der Waals surface area contributed by atoms with E-state index in [1.807, 2.05) is 17.9 Å². The van der Waals surface area contributed by atoms with Crippen molar-refractivity contribution in [2.45, 2.75) is 50.2 Å². The fourth-order valence-corrected chi connectivity index (χ4v) is 4.53. The van der Waals surface area contributed by atoms with Gasteiger partial charge in [-0.3, -0.25) is 4.79 Å². The molecular weight excluding hydrogens is 390 g/mol. The smallest absolute Gasteiger partial charge is 0.233 e. The summed E-state index contributed by atoms with van der Waals surface area (Å²) in [5.74, 6) is 8.35. The molecule has 0 unspecified atom stereocenters. The minimum absolute atomic E-state index is 0.125. The number of amides is 1. The quantitative estimate of drug-likeness (QED) is 0.519. The van der Waals surface area contributed by atoms with Crippen LogP contribution >= 0.6 is 11.8 Å². The fourth-order valence-electron chi connectivity index (χ4n) is 3.79. The molecule has 29 heavy (non-hydrogen) atoms. The van der Waals surface area contributed by atoms with Gasteiger partial charge < -0.3 is 20.2 Å². The highest BCUT2D eigenvalue weighted by atomic mass is 32.2. The van der Waals surface area contributed by atoms with Crippen molar-refractivity contribution in [1.82, 2.24) is 19.8 Å². The summed E-state index contributed by atoms with van der Waals surface area (Å²) in [6.07, 6.45) is 5.87. The molecule has 1 fully saturated rings. The van der Waals surface area contributed by atoms with Gasteiger partial charge in [0.25, 0.3) is 0 Å². The van der Waals surface area contributed by atoms with Crippen molar-refractivity contribution < 1.29 is 14.3 Å². The van der Waals surface area contributed by atoms with Crippen LogP contribution in [-0.4, -0.2) is 58.2 Å². The van der Waals surface area contributed by atoms with Gasteiger partial charge in [-0.15, -0.1) is 10.2 Å². The number of nitrogen functional groups attached to an aromatic ring is 1. The van der Waals surface area contributed by atoms with E-state index in [2.05, 4.69) is 10.2 Å². The van der Waals surface area contributed by atoms with Crippen molar-refractivity contribution in [2.24, 2.45) is 0 Å². The summed E-state index contributed by atoms with van der Waals surface area (Å²) in [4.78, 5) is 14.8. The maximum Gasteiger partial charge on any atom is 0.233 e. The Morgan fingerprint density at radius 1 is 1.21 bits per heavy atom. The van der Waals surface area contributed by atoms with Crippen LogP contribution in [-0.2, 0) is 4.79 Å². The average Bonchev–Trinajstić information content (AvgIpc) is 3.13. The molecule has 0 atom stereocenters. The molecule has 1 saturated carbocycles. The summed E-state index contributed by atoms with van der Waals surface area (Å²) in [6, 6.07) is 5.80. The molecule has 158 valence electrons.